The SMILES string of the molecule is Cc1nnn(Cc2cc(Cl)ccc2/C=C/C(=O)N2CC(Oc3ccc(F)cc3)C2)n1. The Kier molecular flexibility index (Phi) is 5.76. The number of carbonyl (C=O) groups excluding carboxylic acids is 1. The summed E-state index contributed by atoms with van der Waals surface area (Å²) in [7, 11) is 0. The van der Waals surface area contributed by atoms with Gasteiger partial charge in [0, 0.05) is 11.1 Å². The van der Waals surface area contributed by atoms with E-state index >= 15 is 0 Å². The Bertz CT molecular complexity index is 1080. The third-order valence-corrected chi connectivity index (χ3v) is 4.89. The minimum absolute atomic E-state index is 0.0967. The maximum absolute atomic E-state index is 13.0. The normalized spacial score (nSPS) is 14.2. The fourth-order valence-corrected chi connectivity index (χ4v) is 3.28. The molecular formula is C21H19ClFN5O2. The van der Waals surface area contributed by atoms with Crippen molar-refractivity contribution in [2.45, 2.75) is 19.6 Å². The molecule has 1 amide bonds. The van der Waals surface area contributed by atoms with Crippen molar-refractivity contribution in [3.8, 4) is 5.75 Å². The lowest BCUT2D eigenvalue weighted by atomic mass is 10.1. The van der Waals surface area contributed by atoms with Crippen molar-refractivity contribution in [2.24, 2.45) is 0 Å². The van der Waals surface area contributed by atoms with E-state index < -0.39 is 0 Å². The molecule has 0 radical (unpaired) electrons. The molecule has 9 heteroatoms. The monoisotopic (exact) mass is 427 g/mol. The topological polar surface area (TPSA) is 73.1 Å². The smallest absolute Gasteiger partial charge is 0.246 e. The lowest BCUT2D eigenvalue weighted by Crippen LogP contribution is -2.55. The van der Waals surface area contributed by atoms with Crippen LogP contribution >= 0.6 is 11.6 Å². The summed E-state index contributed by atoms with van der Waals surface area (Å²) in [4.78, 5) is 15.6. The van der Waals surface area contributed by atoms with Crippen molar-refractivity contribution in [2.75, 3.05) is 13.1 Å². The number of hydrogen-bond donors (Lipinski definition) is 0. The molecule has 0 aliphatic carbocycles. The van der Waals surface area contributed by atoms with Crippen LogP contribution in [-0.2, 0) is 11.3 Å². The molecule has 0 atom stereocenters. The Morgan fingerprint density at radius 3 is 2.73 bits per heavy atom. The third kappa shape index (κ3) is 4.83. The predicted molar refractivity (Wildman–Crippen MR) is 110 cm³/mol. The lowest BCUT2D eigenvalue weighted by Gasteiger charge is -2.38. The predicted octanol–water partition coefficient (Wildman–Crippen LogP) is 3.13. The van der Waals surface area contributed by atoms with E-state index in [2.05, 4.69) is 15.4 Å². The number of hydrogen-bond acceptors (Lipinski definition) is 5. The molecule has 0 saturated carbocycles. The van der Waals surface area contributed by atoms with Crippen molar-refractivity contribution in [3.63, 3.8) is 0 Å². The average Bonchev–Trinajstić information content (AvgIpc) is 3.09. The zero-order valence-electron chi connectivity index (χ0n) is 16.2. The van der Waals surface area contributed by atoms with E-state index in [9.17, 15) is 9.18 Å². The highest BCUT2D eigenvalue weighted by atomic mass is 35.5. The summed E-state index contributed by atoms with van der Waals surface area (Å²) >= 11 is 6.12. The van der Waals surface area contributed by atoms with Crippen molar-refractivity contribution in [3.05, 3.63) is 76.3 Å². The maximum Gasteiger partial charge on any atom is 0.246 e. The summed E-state index contributed by atoms with van der Waals surface area (Å²) in [5.74, 6) is 0.755. The van der Waals surface area contributed by atoms with Crippen LogP contribution in [0.3, 0.4) is 0 Å². The number of amides is 1. The second-order valence-corrected chi connectivity index (χ2v) is 7.42. The molecule has 30 heavy (non-hydrogen) atoms. The van der Waals surface area contributed by atoms with Gasteiger partial charge in [0.2, 0.25) is 5.91 Å². The number of benzene rings is 2. The molecule has 1 fully saturated rings. The number of likely N-dealkylation sites (tertiary alicyclic amines) is 1. The van der Waals surface area contributed by atoms with Crippen LogP contribution in [-0.4, -0.2) is 50.2 Å². The van der Waals surface area contributed by atoms with Crippen molar-refractivity contribution in [1.29, 1.82) is 0 Å². The summed E-state index contributed by atoms with van der Waals surface area (Å²) in [6, 6.07) is 11.3. The van der Waals surface area contributed by atoms with Crippen LogP contribution in [0.5, 0.6) is 5.75 Å². The molecule has 7 nitrogen and oxygen atoms in total. The molecule has 154 valence electrons. The zero-order valence-corrected chi connectivity index (χ0v) is 17.0. The maximum atomic E-state index is 13.0. The Morgan fingerprint density at radius 2 is 2.03 bits per heavy atom. The van der Waals surface area contributed by atoms with Gasteiger partial charge in [-0.05, 0) is 65.7 Å². The quantitative estimate of drug-likeness (QED) is 0.565. The van der Waals surface area contributed by atoms with Gasteiger partial charge in [-0.15, -0.1) is 10.2 Å². The van der Waals surface area contributed by atoms with Crippen LogP contribution in [0, 0.1) is 12.7 Å². The van der Waals surface area contributed by atoms with Gasteiger partial charge >= 0.3 is 0 Å². The first-order chi connectivity index (χ1) is 14.5. The fraction of sp³-hybridized carbons (Fsp3) is 0.238. The van der Waals surface area contributed by atoms with Crippen molar-refractivity contribution in [1.82, 2.24) is 25.1 Å². The Labute approximate surface area is 177 Å². The molecular weight excluding hydrogens is 409 g/mol. The number of rotatable bonds is 6. The standard InChI is InChI=1S/C21H19ClFN5O2/c1-14-24-26-28(25-14)11-16-10-17(22)4-2-15(16)3-9-21(29)27-12-20(13-27)30-19-7-5-18(23)6-8-19/h2-10,20H,11-13H2,1H3/b9-3+. The van der Waals surface area contributed by atoms with Gasteiger partial charge in [-0.3, -0.25) is 4.79 Å². The van der Waals surface area contributed by atoms with Crippen LogP contribution < -0.4 is 4.74 Å². The summed E-state index contributed by atoms with van der Waals surface area (Å²) in [5.41, 5.74) is 1.73. The first-order valence-electron chi connectivity index (χ1n) is 9.38. The second kappa shape index (κ2) is 8.62. The summed E-state index contributed by atoms with van der Waals surface area (Å²) < 4.78 is 18.7. The van der Waals surface area contributed by atoms with Crippen LogP contribution in [0.1, 0.15) is 17.0 Å². The molecule has 1 aliphatic heterocycles. The third-order valence-electron chi connectivity index (χ3n) is 4.65. The Balaban J connectivity index is 1.36. The van der Waals surface area contributed by atoms with Crippen LogP contribution in [0.4, 0.5) is 4.39 Å². The first-order valence-corrected chi connectivity index (χ1v) is 9.76. The molecule has 0 spiro atoms. The van der Waals surface area contributed by atoms with Gasteiger partial charge < -0.3 is 9.64 Å². The van der Waals surface area contributed by atoms with Gasteiger partial charge in [0.1, 0.15) is 17.7 Å². The van der Waals surface area contributed by atoms with Gasteiger partial charge in [0.05, 0.1) is 19.6 Å². The molecule has 0 bridgehead atoms. The first kappa shape index (κ1) is 20.0. The molecule has 1 aliphatic rings. The molecule has 2 heterocycles. The molecule has 1 aromatic heterocycles. The van der Waals surface area contributed by atoms with Gasteiger partial charge in [0.25, 0.3) is 0 Å². The summed E-state index contributed by atoms with van der Waals surface area (Å²) in [5, 5.41) is 12.6. The minimum atomic E-state index is -0.311. The molecule has 3 aromatic rings. The molecule has 4 rings (SSSR count). The zero-order chi connectivity index (χ0) is 21.1. The number of ether oxygens (including phenoxy) is 1. The highest BCUT2D eigenvalue weighted by Gasteiger charge is 2.31. The van der Waals surface area contributed by atoms with Gasteiger partial charge in [-0.1, -0.05) is 17.7 Å². The number of aromatic nitrogens is 4. The average molecular weight is 428 g/mol. The van der Waals surface area contributed by atoms with Gasteiger partial charge in [-0.25, -0.2) is 4.39 Å². The molecule has 0 N–H and O–H groups in total. The molecule has 1 saturated heterocycles. The highest BCUT2D eigenvalue weighted by molar-refractivity contribution is 6.30. The van der Waals surface area contributed by atoms with E-state index in [1.807, 2.05) is 12.1 Å². The number of carbonyl (C=O) groups is 1. The minimum Gasteiger partial charge on any atom is -0.487 e. The van der Waals surface area contributed by atoms with E-state index in [1.165, 1.54) is 23.0 Å². The second-order valence-electron chi connectivity index (χ2n) is 6.98. The van der Waals surface area contributed by atoms with Crippen LogP contribution in [0.2, 0.25) is 5.02 Å². The Morgan fingerprint density at radius 1 is 1.27 bits per heavy atom. The van der Waals surface area contributed by atoms with Crippen LogP contribution in [0.25, 0.3) is 6.08 Å². The summed E-state index contributed by atoms with van der Waals surface area (Å²) in [6.45, 7) is 3.12. The van der Waals surface area contributed by atoms with Crippen molar-refractivity contribution >= 4 is 23.6 Å². The number of aryl methyl sites for hydroxylation is 1. The number of nitrogens with zero attached hydrogens (tertiary/aromatic N) is 5. The van der Waals surface area contributed by atoms with E-state index in [1.54, 1.807) is 36.1 Å². The van der Waals surface area contributed by atoms with E-state index in [-0.39, 0.29) is 17.8 Å². The van der Waals surface area contributed by atoms with Crippen LogP contribution in [0.15, 0.2) is 48.5 Å². The largest absolute Gasteiger partial charge is 0.487 e. The van der Waals surface area contributed by atoms with Gasteiger partial charge in [0.15, 0.2) is 5.82 Å². The highest BCUT2D eigenvalue weighted by Crippen LogP contribution is 2.21. The number of halogens is 2. The molecule has 2 aromatic carbocycles. The van der Waals surface area contributed by atoms with Gasteiger partial charge in [-0.2, -0.15) is 4.80 Å². The Hall–Kier alpha value is -3.26. The van der Waals surface area contributed by atoms with E-state index in [0.717, 1.165) is 11.1 Å². The van der Waals surface area contributed by atoms with Crippen molar-refractivity contribution < 1.29 is 13.9 Å². The lowest BCUT2D eigenvalue weighted by molar-refractivity contribution is -0.134. The summed E-state index contributed by atoms with van der Waals surface area (Å²) in [6.07, 6.45) is 3.19. The fourth-order valence-electron chi connectivity index (χ4n) is 3.08. The van der Waals surface area contributed by atoms with E-state index in [4.69, 9.17) is 16.3 Å². The van der Waals surface area contributed by atoms with E-state index in [0.29, 0.717) is 36.2 Å². The number of tetrazole rings is 1. The molecule has 0 unspecified atom stereocenters.